The molecular weight excluding hydrogens is 326 g/mol. The number of aliphatic hydroxyl groups excluding tert-OH is 1. The Bertz CT molecular complexity index is 688. The minimum atomic E-state index is -0.824. The van der Waals surface area contributed by atoms with Crippen molar-refractivity contribution in [1.29, 1.82) is 0 Å². The number of fused-ring (bicyclic) bond motifs is 1. The third-order valence-electron chi connectivity index (χ3n) is 3.20. The van der Waals surface area contributed by atoms with Crippen molar-refractivity contribution in [3.63, 3.8) is 0 Å². The van der Waals surface area contributed by atoms with Crippen LogP contribution in [0.25, 0.3) is 0 Å². The molecule has 0 bridgehead atoms. The molecule has 1 aromatic carbocycles. The van der Waals surface area contributed by atoms with E-state index in [4.69, 9.17) is 21.1 Å². The zero-order valence-electron chi connectivity index (χ0n) is 11.5. The van der Waals surface area contributed by atoms with Crippen molar-refractivity contribution in [2.24, 2.45) is 0 Å². The van der Waals surface area contributed by atoms with Crippen LogP contribution < -0.4 is 14.8 Å². The monoisotopic (exact) mass is 339 g/mol. The largest absolute Gasteiger partial charge is 0.486 e. The highest BCUT2D eigenvalue weighted by molar-refractivity contribution is 7.17. The van der Waals surface area contributed by atoms with Gasteiger partial charge in [-0.25, -0.2) is 0 Å². The van der Waals surface area contributed by atoms with Crippen LogP contribution in [0, 0.1) is 0 Å². The summed E-state index contributed by atoms with van der Waals surface area (Å²) in [5, 5.41) is 12.9. The normalized spacial score (nSPS) is 14.5. The Morgan fingerprint density at radius 3 is 2.77 bits per heavy atom. The van der Waals surface area contributed by atoms with Crippen LogP contribution in [-0.4, -0.2) is 30.8 Å². The number of benzene rings is 1. The van der Waals surface area contributed by atoms with Gasteiger partial charge in [-0.1, -0.05) is 17.7 Å². The van der Waals surface area contributed by atoms with Crippen LogP contribution in [0.1, 0.15) is 21.3 Å². The summed E-state index contributed by atoms with van der Waals surface area (Å²) in [6.07, 6.45) is -0.824. The molecule has 2 heterocycles. The van der Waals surface area contributed by atoms with Crippen molar-refractivity contribution in [1.82, 2.24) is 5.32 Å². The van der Waals surface area contributed by atoms with Crippen molar-refractivity contribution in [2.45, 2.75) is 6.10 Å². The van der Waals surface area contributed by atoms with Gasteiger partial charge in [-0.2, -0.15) is 0 Å². The van der Waals surface area contributed by atoms with Crippen molar-refractivity contribution >= 4 is 28.8 Å². The van der Waals surface area contributed by atoms with Gasteiger partial charge in [0.1, 0.15) is 13.2 Å². The van der Waals surface area contributed by atoms with E-state index in [9.17, 15) is 9.90 Å². The van der Waals surface area contributed by atoms with Crippen LogP contribution >= 0.6 is 22.9 Å². The van der Waals surface area contributed by atoms with Gasteiger partial charge >= 0.3 is 0 Å². The quantitative estimate of drug-likeness (QED) is 0.898. The molecule has 1 amide bonds. The number of nitrogens with one attached hydrogen (secondary N) is 1. The SMILES string of the molecule is O=C(NC[C@H](O)c1ccc2c(c1)OCCO2)c1ccc(Cl)s1. The summed E-state index contributed by atoms with van der Waals surface area (Å²) in [5.74, 6) is 1.02. The fourth-order valence-corrected chi connectivity index (χ4v) is 3.06. The summed E-state index contributed by atoms with van der Waals surface area (Å²) >= 11 is 6.99. The Hall–Kier alpha value is -1.76. The van der Waals surface area contributed by atoms with Crippen LogP contribution in [0.15, 0.2) is 30.3 Å². The number of aliphatic hydroxyl groups is 1. The zero-order valence-corrected chi connectivity index (χ0v) is 13.1. The van der Waals surface area contributed by atoms with Gasteiger partial charge in [0.25, 0.3) is 5.91 Å². The van der Waals surface area contributed by atoms with E-state index in [2.05, 4.69) is 5.32 Å². The molecule has 0 unspecified atom stereocenters. The first-order chi connectivity index (χ1) is 10.6. The summed E-state index contributed by atoms with van der Waals surface area (Å²) in [7, 11) is 0. The van der Waals surface area contributed by atoms with E-state index in [1.54, 1.807) is 30.3 Å². The second-order valence-corrected chi connectivity index (χ2v) is 6.45. The van der Waals surface area contributed by atoms with Crippen molar-refractivity contribution < 1.29 is 19.4 Å². The van der Waals surface area contributed by atoms with Crippen molar-refractivity contribution in [3.05, 3.63) is 45.1 Å². The lowest BCUT2D eigenvalue weighted by atomic mass is 10.1. The van der Waals surface area contributed by atoms with Crippen LogP contribution in [0.3, 0.4) is 0 Å². The molecule has 22 heavy (non-hydrogen) atoms. The molecule has 1 aliphatic rings. The molecule has 0 saturated heterocycles. The molecule has 0 spiro atoms. The molecule has 7 heteroatoms. The molecular formula is C15H14ClNO4S. The van der Waals surface area contributed by atoms with Crippen molar-refractivity contribution in [3.8, 4) is 11.5 Å². The smallest absolute Gasteiger partial charge is 0.261 e. The standard InChI is InChI=1S/C15H14ClNO4S/c16-14-4-3-13(22-14)15(19)17-8-10(18)9-1-2-11-12(7-9)21-6-5-20-11/h1-4,7,10,18H,5-6,8H2,(H,17,19)/t10-/m0/s1. The van der Waals surface area contributed by atoms with Crippen LogP contribution in [0.5, 0.6) is 11.5 Å². The molecule has 2 N–H and O–H groups in total. The Morgan fingerprint density at radius 1 is 1.27 bits per heavy atom. The van der Waals surface area contributed by atoms with Gasteiger partial charge in [-0.05, 0) is 29.8 Å². The first-order valence-corrected chi connectivity index (χ1v) is 7.94. The molecule has 1 atom stereocenters. The molecule has 3 rings (SSSR count). The number of hydrogen-bond acceptors (Lipinski definition) is 5. The average Bonchev–Trinajstić information content (AvgIpc) is 2.98. The Morgan fingerprint density at radius 2 is 2.05 bits per heavy atom. The number of halogens is 1. The topological polar surface area (TPSA) is 67.8 Å². The molecule has 0 fully saturated rings. The Balaban J connectivity index is 1.62. The summed E-state index contributed by atoms with van der Waals surface area (Å²) < 4.78 is 11.5. The first-order valence-electron chi connectivity index (χ1n) is 6.74. The maximum Gasteiger partial charge on any atom is 0.261 e. The van der Waals surface area contributed by atoms with Crippen molar-refractivity contribution in [2.75, 3.05) is 19.8 Å². The second kappa shape index (κ2) is 6.56. The van der Waals surface area contributed by atoms with Crippen LogP contribution in [0.2, 0.25) is 4.34 Å². The summed E-state index contributed by atoms with van der Waals surface area (Å²) in [5.41, 5.74) is 0.661. The molecule has 116 valence electrons. The fraction of sp³-hybridized carbons (Fsp3) is 0.267. The molecule has 0 radical (unpaired) electrons. The van der Waals surface area contributed by atoms with E-state index in [0.717, 1.165) is 0 Å². The van der Waals surface area contributed by atoms with E-state index >= 15 is 0 Å². The molecule has 0 aliphatic carbocycles. The predicted molar refractivity (Wildman–Crippen MR) is 84.1 cm³/mol. The van der Waals surface area contributed by atoms with E-state index in [1.807, 2.05) is 0 Å². The van der Waals surface area contributed by atoms with E-state index < -0.39 is 6.10 Å². The Kier molecular flexibility index (Phi) is 4.52. The van der Waals surface area contributed by atoms with Gasteiger partial charge in [0.15, 0.2) is 11.5 Å². The minimum absolute atomic E-state index is 0.105. The van der Waals surface area contributed by atoms with Crippen LogP contribution in [-0.2, 0) is 0 Å². The molecule has 1 aliphatic heterocycles. The van der Waals surface area contributed by atoms with Gasteiger partial charge < -0.3 is 19.9 Å². The second-order valence-electron chi connectivity index (χ2n) is 4.73. The lowest BCUT2D eigenvalue weighted by molar-refractivity contribution is 0.0920. The van der Waals surface area contributed by atoms with Gasteiger partial charge in [-0.15, -0.1) is 11.3 Å². The molecule has 0 saturated carbocycles. The number of ether oxygens (including phenoxy) is 2. The summed E-state index contributed by atoms with van der Waals surface area (Å²) in [6.45, 7) is 1.12. The number of rotatable bonds is 4. The lowest BCUT2D eigenvalue weighted by Gasteiger charge is -2.20. The highest BCUT2D eigenvalue weighted by Gasteiger charge is 2.16. The predicted octanol–water partition coefficient (Wildman–Crippen LogP) is 2.64. The van der Waals surface area contributed by atoms with Gasteiger partial charge in [-0.3, -0.25) is 4.79 Å². The number of carbonyl (C=O) groups is 1. The lowest BCUT2D eigenvalue weighted by Crippen LogP contribution is -2.27. The van der Waals surface area contributed by atoms with Gasteiger partial charge in [0.2, 0.25) is 0 Å². The third kappa shape index (κ3) is 3.35. The van der Waals surface area contributed by atoms with Crippen LogP contribution in [0.4, 0.5) is 0 Å². The highest BCUT2D eigenvalue weighted by atomic mass is 35.5. The first kappa shape index (κ1) is 15.1. The average molecular weight is 340 g/mol. The Labute approximate surface area is 136 Å². The highest BCUT2D eigenvalue weighted by Crippen LogP contribution is 2.32. The summed E-state index contributed by atoms with van der Waals surface area (Å²) in [6, 6.07) is 8.56. The fourth-order valence-electron chi connectivity index (χ4n) is 2.10. The number of carbonyl (C=O) groups excluding carboxylic acids is 1. The molecule has 5 nitrogen and oxygen atoms in total. The number of amides is 1. The van der Waals surface area contributed by atoms with Gasteiger partial charge in [0, 0.05) is 6.54 Å². The minimum Gasteiger partial charge on any atom is -0.486 e. The van der Waals surface area contributed by atoms with Gasteiger partial charge in [0.05, 0.1) is 15.3 Å². The third-order valence-corrected chi connectivity index (χ3v) is 4.43. The maximum absolute atomic E-state index is 11.9. The summed E-state index contributed by atoms with van der Waals surface area (Å²) in [4.78, 5) is 12.4. The molecule has 1 aromatic heterocycles. The number of thiophene rings is 1. The van der Waals surface area contributed by atoms with E-state index in [1.165, 1.54) is 11.3 Å². The molecule has 2 aromatic rings. The van der Waals surface area contributed by atoms with E-state index in [0.29, 0.717) is 39.5 Å². The maximum atomic E-state index is 11.9. The van der Waals surface area contributed by atoms with E-state index in [-0.39, 0.29) is 12.5 Å². The number of hydrogen-bond donors (Lipinski definition) is 2. The zero-order chi connectivity index (χ0) is 15.5.